The van der Waals surface area contributed by atoms with Gasteiger partial charge in [-0.15, -0.1) is 0 Å². The third kappa shape index (κ3) is 4.10. The third-order valence-electron chi connectivity index (χ3n) is 5.61. The van der Waals surface area contributed by atoms with Gasteiger partial charge < -0.3 is 9.73 Å². The predicted molar refractivity (Wildman–Crippen MR) is 109 cm³/mol. The van der Waals surface area contributed by atoms with Gasteiger partial charge in [0.2, 0.25) is 5.89 Å². The monoisotopic (exact) mass is 393 g/mol. The maximum atomic E-state index is 12.5. The number of benzene rings is 1. The molecule has 0 aliphatic carbocycles. The van der Waals surface area contributed by atoms with E-state index in [9.17, 15) is 4.79 Å². The lowest BCUT2D eigenvalue weighted by Gasteiger charge is -2.27. The van der Waals surface area contributed by atoms with Gasteiger partial charge in [-0.2, -0.15) is 5.10 Å². The van der Waals surface area contributed by atoms with Gasteiger partial charge >= 0.3 is 0 Å². The maximum absolute atomic E-state index is 12.5. The van der Waals surface area contributed by atoms with Crippen molar-refractivity contribution in [2.24, 2.45) is 0 Å². The number of nitrogens with one attached hydrogen (secondary N) is 1. The molecule has 29 heavy (non-hydrogen) atoms. The molecule has 3 heterocycles. The highest BCUT2D eigenvalue weighted by Crippen LogP contribution is 2.20. The molecule has 3 aromatic rings. The Labute approximate surface area is 170 Å². The lowest BCUT2D eigenvalue weighted by molar-refractivity contribution is 0.0945. The van der Waals surface area contributed by atoms with Crippen LogP contribution in [0.25, 0.3) is 0 Å². The van der Waals surface area contributed by atoms with Crippen molar-refractivity contribution in [1.29, 1.82) is 0 Å². The molecule has 0 atom stereocenters. The van der Waals surface area contributed by atoms with Crippen LogP contribution in [0.15, 0.2) is 34.9 Å². The van der Waals surface area contributed by atoms with Gasteiger partial charge in [-0.05, 0) is 38.3 Å². The second kappa shape index (κ2) is 8.21. The molecule has 7 heteroatoms. The Morgan fingerprint density at radius 2 is 2.03 bits per heavy atom. The molecule has 0 saturated heterocycles. The summed E-state index contributed by atoms with van der Waals surface area (Å²) in [6.45, 7) is 9.72. The molecule has 4 rings (SSSR count). The zero-order valence-corrected chi connectivity index (χ0v) is 17.2. The first-order valence-corrected chi connectivity index (χ1v) is 10.1. The first kappa shape index (κ1) is 19.4. The van der Waals surface area contributed by atoms with Gasteiger partial charge in [0.1, 0.15) is 6.26 Å². The zero-order valence-electron chi connectivity index (χ0n) is 17.2. The number of aryl methyl sites for hydroxylation is 2. The van der Waals surface area contributed by atoms with Crippen LogP contribution < -0.4 is 5.32 Å². The molecule has 0 saturated carbocycles. The van der Waals surface area contributed by atoms with Crippen molar-refractivity contribution in [3.05, 3.63) is 70.2 Å². The Balaban J connectivity index is 1.35. The van der Waals surface area contributed by atoms with E-state index in [0.29, 0.717) is 24.7 Å². The Hall–Kier alpha value is -2.93. The normalized spacial score (nSPS) is 14.0. The molecular formula is C22H27N5O2. The summed E-state index contributed by atoms with van der Waals surface area (Å²) in [5, 5.41) is 7.43. The number of rotatable bonds is 6. The van der Waals surface area contributed by atoms with Crippen LogP contribution >= 0.6 is 0 Å². The number of carbonyl (C=O) groups excluding carboxylic acids is 1. The number of hydrogen-bond acceptors (Lipinski definition) is 5. The molecule has 1 aliphatic heterocycles. The summed E-state index contributed by atoms with van der Waals surface area (Å²) < 4.78 is 7.51. The number of aromatic nitrogens is 3. The van der Waals surface area contributed by atoms with E-state index in [1.165, 1.54) is 17.4 Å². The number of carbonyl (C=O) groups is 1. The van der Waals surface area contributed by atoms with E-state index in [4.69, 9.17) is 4.42 Å². The van der Waals surface area contributed by atoms with Crippen LogP contribution in [0.4, 0.5) is 0 Å². The molecule has 7 nitrogen and oxygen atoms in total. The Morgan fingerprint density at radius 1 is 1.24 bits per heavy atom. The fraction of sp³-hybridized carbons (Fsp3) is 0.409. The molecule has 0 bridgehead atoms. The van der Waals surface area contributed by atoms with Crippen molar-refractivity contribution in [3.8, 4) is 0 Å². The molecule has 1 amide bonds. The van der Waals surface area contributed by atoms with Gasteiger partial charge in [-0.25, -0.2) is 4.98 Å². The summed E-state index contributed by atoms with van der Waals surface area (Å²) in [6, 6.07) is 8.52. The molecule has 1 aliphatic rings. The van der Waals surface area contributed by atoms with E-state index in [1.54, 1.807) is 0 Å². The number of hydrogen-bond donors (Lipinski definition) is 1. The van der Waals surface area contributed by atoms with Crippen LogP contribution in [0.2, 0.25) is 0 Å². The van der Waals surface area contributed by atoms with Crippen LogP contribution in [0, 0.1) is 13.8 Å². The highest BCUT2D eigenvalue weighted by molar-refractivity contribution is 5.91. The number of amides is 1. The SMILES string of the molecule is CCn1nc(C)c(CNC(=O)c2coc(CN3CCc4ccccc4C3)n2)c1C. The minimum atomic E-state index is -0.230. The maximum Gasteiger partial charge on any atom is 0.273 e. The van der Waals surface area contributed by atoms with Crippen molar-refractivity contribution in [3.63, 3.8) is 0 Å². The van der Waals surface area contributed by atoms with Crippen LogP contribution in [0.3, 0.4) is 0 Å². The average Bonchev–Trinajstić information content (AvgIpc) is 3.30. The fourth-order valence-electron chi connectivity index (χ4n) is 3.93. The Bertz CT molecular complexity index is 1020. The quantitative estimate of drug-likeness (QED) is 0.697. The molecule has 1 N–H and O–H groups in total. The topological polar surface area (TPSA) is 76.2 Å². The highest BCUT2D eigenvalue weighted by atomic mass is 16.3. The molecule has 1 aromatic carbocycles. The van der Waals surface area contributed by atoms with Crippen molar-refractivity contribution in [2.75, 3.05) is 6.54 Å². The molecule has 0 spiro atoms. The van der Waals surface area contributed by atoms with E-state index < -0.39 is 0 Å². The van der Waals surface area contributed by atoms with E-state index in [2.05, 4.69) is 51.5 Å². The lowest BCUT2D eigenvalue weighted by Crippen LogP contribution is -2.30. The minimum Gasteiger partial charge on any atom is -0.447 e. The second-order valence-electron chi connectivity index (χ2n) is 7.50. The van der Waals surface area contributed by atoms with Gasteiger partial charge in [0.15, 0.2) is 5.69 Å². The van der Waals surface area contributed by atoms with Crippen molar-refractivity contribution in [1.82, 2.24) is 25.0 Å². The Morgan fingerprint density at radius 3 is 2.79 bits per heavy atom. The largest absolute Gasteiger partial charge is 0.447 e. The van der Waals surface area contributed by atoms with Gasteiger partial charge in [0.05, 0.1) is 12.2 Å². The summed E-state index contributed by atoms with van der Waals surface area (Å²) in [7, 11) is 0. The summed E-state index contributed by atoms with van der Waals surface area (Å²) in [5.74, 6) is 0.340. The number of nitrogens with zero attached hydrogens (tertiary/aromatic N) is 4. The fourth-order valence-corrected chi connectivity index (χ4v) is 3.93. The van der Waals surface area contributed by atoms with Crippen LogP contribution in [0.1, 0.15) is 51.4 Å². The molecule has 2 aromatic heterocycles. The zero-order chi connectivity index (χ0) is 20.4. The van der Waals surface area contributed by atoms with Gasteiger partial charge in [-0.3, -0.25) is 14.4 Å². The number of oxazole rings is 1. The van der Waals surface area contributed by atoms with E-state index in [-0.39, 0.29) is 5.91 Å². The average molecular weight is 393 g/mol. The smallest absolute Gasteiger partial charge is 0.273 e. The predicted octanol–water partition coefficient (Wildman–Crippen LogP) is 3.00. The minimum absolute atomic E-state index is 0.230. The first-order chi connectivity index (χ1) is 14.0. The molecule has 0 radical (unpaired) electrons. The van der Waals surface area contributed by atoms with Crippen LogP contribution in [0.5, 0.6) is 0 Å². The lowest BCUT2D eigenvalue weighted by atomic mass is 10.00. The third-order valence-corrected chi connectivity index (χ3v) is 5.61. The van der Waals surface area contributed by atoms with Crippen molar-refractivity contribution in [2.45, 2.75) is 53.4 Å². The Kier molecular flexibility index (Phi) is 5.49. The summed E-state index contributed by atoms with van der Waals surface area (Å²) in [6.07, 6.45) is 2.46. The van der Waals surface area contributed by atoms with E-state index in [1.807, 2.05) is 18.5 Å². The summed E-state index contributed by atoms with van der Waals surface area (Å²) in [5.41, 5.74) is 6.15. The summed E-state index contributed by atoms with van der Waals surface area (Å²) in [4.78, 5) is 19.2. The standard InChI is InChI=1S/C22H27N5O2/c1-4-27-16(3)19(15(2)25-27)11-23-22(28)20-14-29-21(24-20)13-26-10-9-17-7-5-6-8-18(17)12-26/h5-8,14H,4,9-13H2,1-3H3,(H,23,28). The van der Waals surface area contributed by atoms with Gasteiger partial charge in [0, 0.05) is 37.4 Å². The number of fused-ring (bicyclic) bond motifs is 1. The van der Waals surface area contributed by atoms with Crippen LogP contribution in [-0.2, 0) is 32.6 Å². The van der Waals surface area contributed by atoms with E-state index >= 15 is 0 Å². The first-order valence-electron chi connectivity index (χ1n) is 10.1. The van der Waals surface area contributed by atoms with Crippen molar-refractivity contribution < 1.29 is 9.21 Å². The molecule has 0 fully saturated rings. The molecule has 0 unspecified atom stereocenters. The summed E-state index contributed by atoms with van der Waals surface area (Å²) >= 11 is 0. The van der Waals surface area contributed by atoms with E-state index in [0.717, 1.165) is 43.0 Å². The van der Waals surface area contributed by atoms with Gasteiger partial charge in [0.25, 0.3) is 5.91 Å². The highest BCUT2D eigenvalue weighted by Gasteiger charge is 2.19. The van der Waals surface area contributed by atoms with Crippen LogP contribution in [-0.4, -0.2) is 32.1 Å². The molecular weight excluding hydrogens is 366 g/mol. The second-order valence-corrected chi connectivity index (χ2v) is 7.50. The van der Waals surface area contributed by atoms with Crippen molar-refractivity contribution >= 4 is 5.91 Å². The molecule has 152 valence electrons. The van der Waals surface area contributed by atoms with Gasteiger partial charge in [-0.1, -0.05) is 24.3 Å².